The minimum absolute atomic E-state index is 0.0463. The van der Waals surface area contributed by atoms with Crippen LogP contribution in [0.5, 0.6) is 5.75 Å². The number of nitro benzene ring substituents is 1. The van der Waals surface area contributed by atoms with Crippen LogP contribution >= 0.6 is 15.9 Å². The van der Waals surface area contributed by atoms with Gasteiger partial charge in [-0.2, -0.15) is 0 Å². The second-order valence-corrected chi connectivity index (χ2v) is 8.56. The van der Waals surface area contributed by atoms with Gasteiger partial charge in [0.15, 0.2) is 5.75 Å². The highest BCUT2D eigenvalue weighted by molar-refractivity contribution is 9.10. The van der Waals surface area contributed by atoms with Crippen molar-refractivity contribution in [3.63, 3.8) is 0 Å². The predicted molar refractivity (Wildman–Crippen MR) is 113 cm³/mol. The van der Waals surface area contributed by atoms with Crippen molar-refractivity contribution in [2.75, 3.05) is 0 Å². The van der Waals surface area contributed by atoms with Crippen LogP contribution in [-0.4, -0.2) is 35.8 Å². The maximum absolute atomic E-state index is 12.5. The molecule has 13 heteroatoms. The van der Waals surface area contributed by atoms with E-state index in [-0.39, 0.29) is 21.5 Å². The van der Waals surface area contributed by atoms with E-state index in [0.717, 1.165) is 6.21 Å². The standard InChI is InChI=1S/C18H12BrN5O6S/c19-12-9-21-18(22-10-12)31(28,29)14-7-5-13(6-8-14)20-11-17(23-25)30-16-4-2-1-3-15(16)24(26)27/h1-11,17H. The molecule has 31 heavy (non-hydrogen) atoms. The fraction of sp³-hybridized carbons (Fsp3) is 0.0556. The van der Waals surface area contributed by atoms with Crippen molar-refractivity contribution in [1.29, 1.82) is 0 Å². The molecule has 1 heterocycles. The van der Waals surface area contributed by atoms with Crippen LogP contribution in [0.1, 0.15) is 0 Å². The molecule has 3 aromatic rings. The van der Waals surface area contributed by atoms with E-state index >= 15 is 0 Å². The van der Waals surface area contributed by atoms with Crippen LogP contribution in [0.3, 0.4) is 0 Å². The number of rotatable bonds is 8. The highest BCUT2D eigenvalue weighted by atomic mass is 79.9. The first-order valence-corrected chi connectivity index (χ1v) is 10.7. The zero-order chi connectivity index (χ0) is 22.4. The van der Waals surface area contributed by atoms with Gasteiger partial charge in [-0.3, -0.25) is 15.1 Å². The van der Waals surface area contributed by atoms with Gasteiger partial charge in [-0.25, -0.2) is 18.4 Å². The first-order valence-electron chi connectivity index (χ1n) is 8.40. The summed E-state index contributed by atoms with van der Waals surface area (Å²) in [5.74, 6) is -0.139. The van der Waals surface area contributed by atoms with E-state index in [0.29, 0.717) is 10.2 Å². The molecule has 0 spiro atoms. The second-order valence-electron chi connectivity index (χ2n) is 5.80. The summed E-state index contributed by atoms with van der Waals surface area (Å²) in [6.45, 7) is 0. The highest BCUT2D eigenvalue weighted by Crippen LogP contribution is 2.27. The molecule has 1 aromatic heterocycles. The normalized spacial score (nSPS) is 12.4. The van der Waals surface area contributed by atoms with Gasteiger partial charge in [-0.15, -0.1) is 4.91 Å². The van der Waals surface area contributed by atoms with E-state index < -0.39 is 21.0 Å². The number of benzene rings is 2. The van der Waals surface area contributed by atoms with Crippen LogP contribution in [0.4, 0.5) is 11.4 Å². The zero-order valence-electron chi connectivity index (χ0n) is 15.4. The molecule has 1 unspecified atom stereocenters. The summed E-state index contributed by atoms with van der Waals surface area (Å²) >= 11 is 3.14. The number of halogens is 1. The van der Waals surface area contributed by atoms with Crippen LogP contribution in [0.2, 0.25) is 0 Å². The molecule has 3 rings (SSSR count). The molecule has 0 fully saturated rings. The molecular formula is C18H12BrN5O6S. The number of aromatic nitrogens is 2. The molecule has 0 radical (unpaired) electrons. The van der Waals surface area contributed by atoms with E-state index in [1.165, 1.54) is 60.9 Å². The Hall–Kier alpha value is -3.58. The van der Waals surface area contributed by atoms with Gasteiger partial charge in [0.05, 0.1) is 26.2 Å². The molecule has 1 atom stereocenters. The Morgan fingerprint density at radius 2 is 1.74 bits per heavy atom. The zero-order valence-corrected chi connectivity index (χ0v) is 17.8. The van der Waals surface area contributed by atoms with Gasteiger partial charge < -0.3 is 4.74 Å². The molecule has 0 bridgehead atoms. The summed E-state index contributed by atoms with van der Waals surface area (Å²) in [6.07, 6.45) is 2.26. The molecule has 158 valence electrons. The Labute approximate surface area is 184 Å². The third kappa shape index (κ3) is 5.32. The molecule has 0 amide bonds. The van der Waals surface area contributed by atoms with Crippen LogP contribution in [0.25, 0.3) is 0 Å². The first kappa shape index (κ1) is 22.1. The van der Waals surface area contributed by atoms with Crippen LogP contribution in [-0.2, 0) is 9.84 Å². The van der Waals surface area contributed by atoms with Crippen molar-refractivity contribution in [3.05, 3.63) is 80.4 Å². The van der Waals surface area contributed by atoms with Crippen molar-refractivity contribution >= 4 is 43.4 Å². The number of nitrogens with zero attached hydrogens (tertiary/aromatic N) is 5. The number of ether oxygens (including phenoxy) is 1. The summed E-state index contributed by atoms with van der Waals surface area (Å²) in [6, 6.07) is 10.9. The van der Waals surface area contributed by atoms with Gasteiger partial charge in [-0.1, -0.05) is 12.1 Å². The molecule has 11 nitrogen and oxygen atoms in total. The highest BCUT2D eigenvalue weighted by Gasteiger charge is 2.21. The lowest BCUT2D eigenvalue weighted by molar-refractivity contribution is -0.386. The number of hydrogen-bond acceptors (Lipinski definition) is 10. The van der Waals surface area contributed by atoms with Gasteiger partial charge in [0.1, 0.15) is 0 Å². The third-order valence-electron chi connectivity index (χ3n) is 3.75. The number of aliphatic imine (C=N–C) groups is 1. The Morgan fingerprint density at radius 1 is 1.10 bits per heavy atom. The average molecular weight is 506 g/mol. The summed E-state index contributed by atoms with van der Waals surface area (Å²) < 4.78 is 30.9. The maximum Gasteiger partial charge on any atom is 0.311 e. The van der Waals surface area contributed by atoms with Crippen molar-refractivity contribution < 1.29 is 18.1 Å². The fourth-order valence-corrected chi connectivity index (χ4v) is 3.62. The maximum atomic E-state index is 12.5. The van der Waals surface area contributed by atoms with Gasteiger partial charge in [0.25, 0.3) is 11.4 Å². The van der Waals surface area contributed by atoms with Crippen molar-refractivity contribution in [2.45, 2.75) is 16.3 Å². The Morgan fingerprint density at radius 3 is 2.35 bits per heavy atom. The number of hydrogen-bond donors (Lipinski definition) is 0. The van der Waals surface area contributed by atoms with E-state index in [2.05, 4.69) is 36.1 Å². The van der Waals surface area contributed by atoms with Gasteiger partial charge in [-0.05, 0) is 51.4 Å². The predicted octanol–water partition coefficient (Wildman–Crippen LogP) is 3.85. The lowest BCUT2D eigenvalue weighted by atomic mass is 10.3. The lowest BCUT2D eigenvalue weighted by Gasteiger charge is -2.08. The number of nitro groups is 1. The number of sulfone groups is 1. The molecule has 0 saturated heterocycles. The van der Waals surface area contributed by atoms with E-state index in [1.54, 1.807) is 0 Å². The second kappa shape index (κ2) is 9.49. The summed E-state index contributed by atoms with van der Waals surface area (Å²) in [7, 11) is -3.91. The van der Waals surface area contributed by atoms with E-state index in [1.807, 2.05) is 0 Å². The lowest BCUT2D eigenvalue weighted by Crippen LogP contribution is -2.15. The minimum Gasteiger partial charge on any atom is -0.453 e. The van der Waals surface area contributed by atoms with Crippen molar-refractivity contribution in [3.8, 4) is 5.75 Å². The van der Waals surface area contributed by atoms with Gasteiger partial charge in [0.2, 0.25) is 9.84 Å². The third-order valence-corrected chi connectivity index (χ3v) is 5.74. The monoisotopic (exact) mass is 505 g/mol. The van der Waals surface area contributed by atoms with Crippen molar-refractivity contribution in [2.24, 2.45) is 10.2 Å². The topological polar surface area (TPSA) is 154 Å². The smallest absolute Gasteiger partial charge is 0.311 e. The molecule has 0 aliphatic carbocycles. The van der Waals surface area contributed by atoms with Crippen LogP contribution in [0.15, 0.2) is 85.6 Å². The van der Waals surface area contributed by atoms with Crippen molar-refractivity contribution in [1.82, 2.24) is 9.97 Å². The molecule has 0 aliphatic rings. The quantitative estimate of drug-likeness (QED) is 0.147. The molecule has 0 aliphatic heterocycles. The number of nitroso groups, excluding NO2 is 1. The van der Waals surface area contributed by atoms with E-state index in [9.17, 15) is 23.4 Å². The molecular weight excluding hydrogens is 494 g/mol. The molecule has 0 saturated carbocycles. The first-order chi connectivity index (χ1) is 14.8. The largest absolute Gasteiger partial charge is 0.453 e. The molecule has 0 N–H and O–H groups in total. The SMILES string of the molecule is O=NC(C=Nc1ccc(S(=O)(=O)c2ncc(Br)cn2)cc1)Oc1ccccc1[N+](=O)[O-]. The number of para-hydroxylation sites is 2. The summed E-state index contributed by atoms with van der Waals surface area (Å²) in [5.41, 5.74) is -0.0234. The average Bonchev–Trinajstić information content (AvgIpc) is 2.77. The summed E-state index contributed by atoms with van der Waals surface area (Å²) in [4.78, 5) is 33.0. The van der Waals surface area contributed by atoms with E-state index in [4.69, 9.17) is 4.74 Å². The Kier molecular flexibility index (Phi) is 6.77. The van der Waals surface area contributed by atoms with Crippen LogP contribution < -0.4 is 4.74 Å². The molecule has 2 aromatic carbocycles. The van der Waals surface area contributed by atoms with Crippen LogP contribution in [0, 0.1) is 15.0 Å². The Bertz CT molecular complexity index is 1230. The van der Waals surface area contributed by atoms with Gasteiger partial charge in [0, 0.05) is 18.5 Å². The fourth-order valence-electron chi connectivity index (χ4n) is 2.32. The minimum atomic E-state index is -3.91. The Balaban J connectivity index is 1.76. The van der Waals surface area contributed by atoms with Gasteiger partial charge >= 0.3 is 5.69 Å². The summed E-state index contributed by atoms with van der Waals surface area (Å²) in [5, 5.41) is 13.4.